The summed E-state index contributed by atoms with van der Waals surface area (Å²) in [5.41, 5.74) is 0. The Morgan fingerprint density at radius 1 is 0.857 bits per heavy atom. The van der Waals surface area contributed by atoms with Crippen molar-refractivity contribution in [2.45, 2.75) is 27.7 Å². The summed E-state index contributed by atoms with van der Waals surface area (Å²) in [4.78, 5) is 19.4. The predicted octanol–water partition coefficient (Wildman–Crippen LogP) is 0.268. The molecule has 0 saturated heterocycles. The number of carboxylic acids is 2. The van der Waals surface area contributed by atoms with Crippen molar-refractivity contribution in [1.82, 2.24) is 0 Å². The van der Waals surface area contributed by atoms with Crippen LogP contribution in [0.3, 0.4) is 0 Å². The zero-order chi connectivity index (χ0) is 10.3. The van der Waals surface area contributed by atoms with Gasteiger partial charge >= 0.3 is 11.9 Å². The fourth-order valence-corrected chi connectivity index (χ4v) is 0. The van der Waals surface area contributed by atoms with Crippen molar-refractivity contribution in [2.75, 3.05) is 0 Å². The molecule has 0 rings (SSSR count). The minimum absolute atomic E-state index is 0. The molecule has 14 heavy (non-hydrogen) atoms. The second kappa shape index (κ2) is 13.6. The molecule has 0 heterocycles. The number of hydrogen-bond acceptors (Lipinski definition) is 2. The van der Waals surface area contributed by atoms with Crippen molar-refractivity contribution in [3.8, 4) is 0 Å². The topological polar surface area (TPSA) is 74.6 Å². The molecule has 0 amide bonds. The van der Waals surface area contributed by atoms with E-state index in [-0.39, 0.29) is 61.9 Å². The largest absolute Gasteiger partial charge is 0.481 e. The van der Waals surface area contributed by atoms with E-state index in [4.69, 9.17) is 10.2 Å². The summed E-state index contributed by atoms with van der Waals surface area (Å²) >= 11 is 0. The Kier molecular flexibility index (Phi) is 23.3. The van der Waals surface area contributed by atoms with Crippen LogP contribution in [-0.2, 0) is 42.3 Å². The van der Waals surface area contributed by atoms with Crippen LogP contribution >= 0.6 is 0 Å². The third kappa shape index (κ3) is 22.9. The van der Waals surface area contributed by atoms with Crippen LogP contribution in [0.5, 0.6) is 0 Å². The van der Waals surface area contributed by atoms with E-state index in [0.717, 1.165) is 0 Å². The zero-order valence-electron chi connectivity index (χ0n) is 8.44. The Morgan fingerprint density at radius 2 is 0.929 bits per heavy atom. The molecule has 0 aromatic rings. The molecule has 0 unspecified atom stereocenters. The Balaban J connectivity index is -0.0000000625. The molecule has 1 radical (unpaired) electrons. The Labute approximate surface area is 120 Å². The summed E-state index contributed by atoms with van der Waals surface area (Å²) in [5.74, 6) is -1.94. The van der Waals surface area contributed by atoms with E-state index >= 15 is 0 Å². The van der Waals surface area contributed by atoms with Gasteiger partial charge in [-0.05, 0) is 0 Å². The molecule has 81 valence electrons. The van der Waals surface area contributed by atoms with E-state index in [1.165, 1.54) is 0 Å². The molecule has 0 aliphatic rings. The van der Waals surface area contributed by atoms with Gasteiger partial charge in [-0.15, -0.1) is 0 Å². The number of hydrogen-bond donors (Lipinski definition) is 2. The third-order valence-corrected chi connectivity index (χ3v) is 0.988. The van der Waals surface area contributed by atoms with Crippen LogP contribution < -0.4 is 0 Å². The fraction of sp³-hybridized carbons (Fsp3) is 0.750. The van der Waals surface area contributed by atoms with Gasteiger partial charge in [-0.2, -0.15) is 0 Å². The molecule has 2 N–H and O–H groups in total. The molecule has 0 bridgehead atoms. The Morgan fingerprint density at radius 3 is 0.929 bits per heavy atom. The fourth-order valence-electron chi connectivity index (χ4n) is 0. The second-order valence-corrected chi connectivity index (χ2v) is 2.99. The predicted molar refractivity (Wildman–Crippen MR) is 54.9 cm³/mol. The van der Waals surface area contributed by atoms with Crippen LogP contribution in [0, 0.1) is 11.8 Å². The first-order valence-corrected chi connectivity index (χ1v) is 3.74. The van der Waals surface area contributed by atoms with Crippen molar-refractivity contribution in [3.63, 3.8) is 0 Å². The van der Waals surface area contributed by atoms with E-state index in [9.17, 15) is 9.59 Å². The molecule has 0 aromatic carbocycles. The molecular formula is C8H19AlO4Y. The molecule has 0 aromatic heterocycles. The van der Waals surface area contributed by atoms with Crippen LogP contribution in [0.2, 0.25) is 0 Å². The quantitative estimate of drug-likeness (QED) is 0.717. The molecule has 0 spiro atoms. The number of aliphatic carboxylic acids is 2. The summed E-state index contributed by atoms with van der Waals surface area (Å²) in [6.45, 7) is 6.56. The number of carbonyl (C=O) groups is 2. The van der Waals surface area contributed by atoms with E-state index in [1.807, 2.05) is 0 Å². The van der Waals surface area contributed by atoms with Crippen LogP contribution in [0.15, 0.2) is 0 Å². The Hall–Kier alpha value is 0.576. The summed E-state index contributed by atoms with van der Waals surface area (Å²) in [5, 5.41) is 16.0. The van der Waals surface area contributed by atoms with Gasteiger partial charge in [-0.25, -0.2) is 0 Å². The van der Waals surface area contributed by atoms with Crippen molar-refractivity contribution >= 4 is 29.3 Å². The van der Waals surface area contributed by atoms with E-state index in [0.29, 0.717) is 0 Å². The zero-order valence-corrected chi connectivity index (χ0v) is 11.3. The average molecular weight is 295 g/mol. The van der Waals surface area contributed by atoms with E-state index in [1.54, 1.807) is 27.7 Å². The van der Waals surface area contributed by atoms with Gasteiger partial charge in [0.05, 0.1) is 11.8 Å². The SMILES string of the molecule is CC(C)C(=O)O.CC(C)C(=O)O.[AlH3].[Y]. The minimum Gasteiger partial charge on any atom is -0.481 e. The van der Waals surface area contributed by atoms with Gasteiger partial charge in [-0.1, -0.05) is 27.7 Å². The minimum atomic E-state index is -0.741. The number of rotatable bonds is 2. The van der Waals surface area contributed by atoms with Gasteiger partial charge in [0, 0.05) is 32.7 Å². The monoisotopic (exact) mass is 295 g/mol. The summed E-state index contributed by atoms with van der Waals surface area (Å²) in [6, 6.07) is 0. The first-order valence-electron chi connectivity index (χ1n) is 3.74. The van der Waals surface area contributed by atoms with Gasteiger partial charge in [0.2, 0.25) is 0 Å². The average Bonchev–Trinajstić information content (AvgIpc) is 1.88. The molecule has 4 nitrogen and oxygen atoms in total. The maximum Gasteiger partial charge on any atom is 0.305 e. The first kappa shape index (κ1) is 24.0. The normalized spacial score (nSPS) is 7.86. The summed E-state index contributed by atoms with van der Waals surface area (Å²) in [7, 11) is 0. The maximum atomic E-state index is 9.70. The van der Waals surface area contributed by atoms with Crippen LogP contribution in [0.4, 0.5) is 0 Å². The van der Waals surface area contributed by atoms with Gasteiger partial charge in [0.15, 0.2) is 17.4 Å². The van der Waals surface area contributed by atoms with Crippen LogP contribution in [0.1, 0.15) is 27.7 Å². The van der Waals surface area contributed by atoms with E-state index < -0.39 is 11.9 Å². The summed E-state index contributed by atoms with van der Waals surface area (Å²) in [6.07, 6.45) is 0. The first-order chi connectivity index (χ1) is 5.29. The van der Waals surface area contributed by atoms with Gasteiger partial charge in [0.1, 0.15) is 0 Å². The van der Waals surface area contributed by atoms with Gasteiger partial charge < -0.3 is 10.2 Å². The maximum absolute atomic E-state index is 9.70. The van der Waals surface area contributed by atoms with Crippen LogP contribution in [0.25, 0.3) is 0 Å². The smallest absolute Gasteiger partial charge is 0.305 e. The van der Waals surface area contributed by atoms with Crippen molar-refractivity contribution < 1.29 is 52.5 Å². The van der Waals surface area contributed by atoms with E-state index in [2.05, 4.69) is 0 Å². The van der Waals surface area contributed by atoms with Crippen LogP contribution in [-0.4, -0.2) is 39.5 Å². The molecular weight excluding hydrogens is 276 g/mol. The molecule has 0 saturated carbocycles. The molecule has 6 heteroatoms. The van der Waals surface area contributed by atoms with Gasteiger partial charge in [-0.3, -0.25) is 9.59 Å². The molecule has 0 aliphatic carbocycles. The van der Waals surface area contributed by atoms with Gasteiger partial charge in [0.25, 0.3) is 0 Å². The van der Waals surface area contributed by atoms with Crippen molar-refractivity contribution in [1.29, 1.82) is 0 Å². The second-order valence-electron chi connectivity index (χ2n) is 2.99. The molecule has 0 aliphatic heterocycles. The van der Waals surface area contributed by atoms with Crippen molar-refractivity contribution in [2.24, 2.45) is 11.8 Å². The third-order valence-electron chi connectivity index (χ3n) is 0.988. The molecule has 0 atom stereocenters. The summed E-state index contributed by atoms with van der Waals surface area (Å²) < 4.78 is 0. The standard InChI is InChI=1S/2C4H8O2.Al.Y.3H/c2*1-3(2)4(5)6;;;;;/h2*3H,1-2H3,(H,5,6);;;;;. The van der Waals surface area contributed by atoms with Crippen molar-refractivity contribution in [3.05, 3.63) is 0 Å². The Bertz CT molecular complexity index is 141. The molecule has 0 fully saturated rings. The number of carboxylic acid groups (broad SMARTS) is 2.